The van der Waals surface area contributed by atoms with Gasteiger partial charge in [-0.15, -0.1) is 0 Å². The topological polar surface area (TPSA) is 127 Å². The maximum absolute atomic E-state index is 13.6. The number of nitrogens with one attached hydrogen (secondary N) is 2. The lowest BCUT2D eigenvalue weighted by Gasteiger charge is -2.32. The molecule has 2 N–H and O–H groups in total. The van der Waals surface area contributed by atoms with E-state index in [1.165, 1.54) is 4.90 Å². The van der Waals surface area contributed by atoms with Gasteiger partial charge in [0.05, 0.1) is 31.7 Å². The van der Waals surface area contributed by atoms with E-state index >= 15 is 0 Å². The van der Waals surface area contributed by atoms with Crippen molar-refractivity contribution < 1.29 is 33.4 Å². The van der Waals surface area contributed by atoms with Crippen LogP contribution in [0.4, 0.5) is 0 Å². The van der Waals surface area contributed by atoms with Crippen LogP contribution < -0.4 is 24.8 Å². The molecule has 4 amide bonds. The number of carbonyl (C=O) groups excluding carboxylic acids is 4. The van der Waals surface area contributed by atoms with Crippen LogP contribution in [-0.2, 0) is 14.4 Å². The van der Waals surface area contributed by atoms with Crippen LogP contribution in [0.25, 0.3) is 0 Å². The highest BCUT2D eigenvalue weighted by Gasteiger charge is 2.37. The van der Waals surface area contributed by atoms with Gasteiger partial charge >= 0.3 is 0 Å². The van der Waals surface area contributed by atoms with Gasteiger partial charge in [-0.05, 0) is 43.0 Å². The first-order valence-electron chi connectivity index (χ1n) is 14.3. The Labute approximate surface area is 246 Å². The van der Waals surface area contributed by atoms with Gasteiger partial charge in [-0.3, -0.25) is 19.2 Å². The van der Waals surface area contributed by atoms with E-state index in [-0.39, 0.29) is 49.6 Å². The fraction of sp³-hybridized carbons (Fsp3) is 0.484. The minimum absolute atomic E-state index is 0.160. The summed E-state index contributed by atoms with van der Waals surface area (Å²) >= 11 is 0. The van der Waals surface area contributed by atoms with Gasteiger partial charge < -0.3 is 34.6 Å². The number of hydrogen-bond donors (Lipinski definition) is 2. The molecule has 226 valence electrons. The lowest BCUT2D eigenvalue weighted by Crippen LogP contribution is -2.55. The van der Waals surface area contributed by atoms with Crippen LogP contribution in [0, 0.1) is 5.92 Å². The Morgan fingerprint density at radius 1 is 1.07 bits per heavy atom. The molecule has 0 saturated carbocycles. The van der Waals surface area contributed by atoms with Crippen LogP contribution >= 0.6 is 0 Å². The molecule has 0 bridgehead atoms. The third-order valence-corrected chi connectivity index (χ3v) is 7.59. The van der Waals surface area contributed by atoms with Crippen molar-refractivity contribution in [1.82, 2.24) is 20.4 Å². The van der Waals surface area contributed by atoms with Crippen molar-refractivity contribution in [2.45, 2.75) is 51.2 Å². The average Bonchev–Trinajstić information content (AvgIpc) is 3.46. The van der Waals surface area contributed by atoms with E-state index < -0.39 is 29.8 Å². The molecule has 11 heteroatoms. The second kappa shape index (κ2) is 14.1. The predicted molar refractivity (Wildman–Crippen MR) is 155 cm³/mol. The average molecular weight is 581 g/mol. The fourth-order valence-corrected chi connectivity index (χ4v) is 5.22. The molecule has 0 aliphatic carbocycles. The Morgan fingerprint density at radius 3 is 2.52 bits per heavy atom. The van der Waals surface area contributed by atoms with Gasteiger partial charge in [0.15, 0.2) is 11.5 Å². The molecule has 1 fully saturated rings. The smallest absolute Gasteiger partial charge is 0.255 e. The number of benzene rings is 2. The van der Waals surface area contributed by atoms with Crippen LogP contribution in [0.5, 0.6) is 17.2 Å². The van der Waals surface area contributed by atoms with Crippen molar-refractivity contribution in [3.8, 4) is 17.2 Å². The minimum Gasteiger partial charge on any atom is -0.493 e. The first kappa shape index (κ1) is 30.7. The summed E-state index contributed by atoms with van der Waals surface area (Å²) in [4.78, 5) is 57.1. The molecular formula is C31H40N4O7. The first-order chi connectivity index (χ1) is 20.2. The highest BCUT2D eigenvalue weighted by atomic mass is 16.5. The summed E-state index contributed by atoms with van der Waals surface area (Å²) in [7, 11) is 3.12. The normalized spacial score (nSPS) is 21.3. The molecule has 2 aliphatic rings. The number of carbonyl (C=O) groups is 4. The number of para-hydroxylation sites is 3. The Hall–Kier alpha value is -4.28. The molecule has 0 spiro atoms. The SMILES string of the molecule is COc1ccccc1OCCN(C)C(=O)[C@@H]1CC(=O)N[C@H](C(C)C)C(=O)N2CCC[C@H]2COc2ccccc2C(=O)N1. The Balaban J connectivity index is 1.55. The van der Waals surface area contributed by atoms with Crippen molar-refractivity contribution in [3.63, 3.8) is 0 Å². The monoisotopic (exact) mass is 580 g/mol. The molecule has 0 aromatic heterocycles. The maximum atomic E-state index is 13.6. The summed E-state index contributed by atoms with van der Waals surface area (Å²) in [5.74, 6) is -0.419. The molecule has 2 aliphatic heterocycles. The number of likely N-dealkylation sites (N-methyl/N-ethyl adjacent to an activating group) is 1. The van der Waals surface area contributed by atoms with Gasteiger partial charge in [-0.2, -0.15) is 0 Å². The molecule has 11 nitrogen and oxygen atoms in total. The largest absolute Gasteiger partial charge is 0.493 e. The van der Waals surface area contributed by atoms with Gasteiger partial charge in [0, 0.05) is 13.6 Å². The standard InChI is InChI=1S/C31H40N4O7/c1-20(2)28-31(39)35-15-9-10-21(35)19-42-24-12-6-5-11-22(24)29(37)32-23(18-27(36)33-28)30(38)34(3)16-17-41-26-14-8-7-13-25(26)40-4/h5-8,11-14,20-21,23,28H,9-10,15-19H2,1-4H3,(H,32,37)(H,33,36)/t21-,23-,28+/m0/s1. The number of ether oxygens (including phenoxy) is 3. The molecule has 42 heavy (non-hydrogen) atoms. The summed E-state index contributed by atoms with van der Waals surface area (Å²) in [5, 5.41) is 5.58. The Bertz CT molecular complexity index is 1280. The lowest BCUT2D eigenvalue weighted by atomic mass is 10.0. The Kier molecular flexibility index (Phi) is 10.3. The van der Waals surface area contributed by atoms with Crippen molar-refractivity contribution in [3.05, 3.63) is 54.1 Å². The third kappa shape index (κ3) is 7.32. The molecule has 0 unspecified atom stereocenters. The van der Waals surface area contributed by atoms with Gasteiger partial charge in [-0.25, -0.2) is 0 Å². The zero-order valence-electron chi connectivity index (χ0n) is 24.6. The van der Waals surface area contributed by atoms with E-state index in [2.05, 4.69) is 10.6 Å². The first-order valence-corrected chi connectivity index (χ1v) is 14.3. The molecule has 0 radical (unpaired) electrons. The molecule has 2 aromatic rings. The molecule has 2 aromatic carbocycles. The molecule has 4 rings (SSSR count). The van der Waals surface area contributed by atoms with Gasteiger partial charge in [0.25, 0.3) is 5.91 Å². The minimum atomic E-state index is -1.19. The fourth-order valence-electron chi connectivity index (χ4n) is 5.22. The van der Waals surface area contributed by atoms with E-state index in [0.717, 1.165) is 12.8 Å². The molecule has 1 saturated heterocycles. The van der Waals surface area contributed by atoms with Crippen LogP contribution in [0.2, 0.25) is 0 Å². The quantitative estimate of drug-likeness (QED) is 0.515. The highest BCUT2D eigenvalue weighted by Crippen LogP contribution is 2.26. The number of hydrogen-bond acceptors (Lipinski definition) is 7. The summed E-state index contributed by atoms with van der Waals surface area (Å²) < 4.78 is 17.2. The molecular weight excluding hydrogens is 540 g/mol. The van der Waals surface area contributed by atoms with Gasteiger partial charge in [-0.1, -0.05) is 38.1 Å². The van der Waals surface area contributed by atoms with Crippen LogP contribution in [-0.4, -0.2) is 92.0 Å². The van der Waals surface area contributed by atoms with E-state index in [9.17, 15) is 19.2 Å². The summed E-state index contributed by atoms with van der Waals surface area (Å²) in [6.45, 7) is 4.86. The molecule has 2 heterocycles. The van der Waals surface area contributed by atoms with Crippen molar-refractivity contribution in [2.75, 3.05) is 40.5 Å². The van der Waals surface area contributed by atoms with Crippen molar-refractivity contribution in [2.24, 2.45) is 5.92 Å². The second-order valence-corrected chi connectivity index (χ2v) is 10.9. The number of fused-ring (bicyclic) bond motifs is 2. The van der Waals surface area contributed by atoms with Crippen LogP contribution in [0.3, 0.4) is 0 Å². The van der Waals surface area contributed by atoms with Crippen molar-refractivity contribution >= 4 is 23.6 Å². The van der Waals surface area contributed by atoms with Crippen LogP contribution in [0.15, 0.2) is 48.5 Å². The second-order valence-electron chi connectivity index (χ2n) is 10.9. The maximum Gasteiger partial charge on any atom is 0.255 e. The van der Waals surface area contributed by atoms with E-state index in [4.69, 9.17) is 14.2 Å². The van der Waals surface area contributed by atoms with Gasteiger partial charge in [0.1, 0.15) is 31.0 Å². The summed E-state index contributed by atoms with van der Waals surface area (Å²) in [5.41, 5.74) is 0.242. The highest BCUT2D eigenvalue weighted by molar-refractivity contribution is 6.01. The zero-order valence-corrected chi connectivity index (χ0v) is 24.6. The van der Waals surface area contributed by atoms with E-state index in [1.807, 2.05) is 26.0 Å². The molecule has 3 atom stereocenters. The van der Waals surface area contributed by atoms with Crippen LogP contribution in [0.1, 0.15) is 43.5 Å². The van der Waals surface area contributed by atoms with E-state index in [0.29, 0.717) is 23.8 Å². The van der Waals surface area contributed by atoms with Gasteiger partial charge in [0.2, 0.25) is 17.7 Å². The predicted octanol–water partition coefficient (Wildman–Crippen LogP) is 2.25. The number of methoxy groups -OCH3 is 1. The zero-order chi connectivity index (χ0) is 30.2. The number of rotatable bonds is 7. The number of nitrogens with zero attached hydrogens (tertiary/aromatic N) is 2. The summed E-state index contributed by atoms with van der Waals surface area (Å²) in [6, 6.07) is 11.8. The third-order valence-electron chi connectivity index (χ3n) is 7.59. The summed E-state index contributed by atoms with van der Waals surface area (Å²) in [6.07, 6.45) is 1.25. The van der Waals surface area contributed by atoms with Crippen molar-refractivity contribution in [1.29, 1.82) is 0 Å². The van der Waals surface area contributed by atoms with E-state index in [1.54, 1.807) is 55.5 Å². The number of amides is 4. The lowest BCUT2D eigenvalue weighted by molar-refractivity contribution is -0.139. The Morgan fingerprint density at radius 2 is 1.79 bits per heavy atom.